The molecule has 2 amide bonds. The van der Waals surface area contributed by atoms with Crippen LogP contribution in [-0.4, -0.2) is 49.3 Å². The summed E-state index contributed by atoms with van der Waals surface area (Å²) in [6.45, 7) is 3.13. The van der Waals surface area contributed by atoms with Crippen LogP contribution in [0.3, 0.4) is 0 Å². The largest absolute Gasteiger partial charge is 0.469 e. The molecule has 33 heavy (non-hydrogen) atoms. The summed E-state index contributed by atoms with van der Waals surface area (Å²) in [7, 11) is 1.30. The van der Waals surface area contributed by atoms with Crippen molar-refractivity contribution in [3.63, 3.8) is 0 Å². The number of hydrogen-bond donors (Lipinski definition) is 1. The van der Waals surface area contributed by atoms with Gasteiger partial charge in [0.05, 0.1) is 13.5 Å². The third-order valence-corrected chi connectivity index (χ3v) is 5.00. The number of carbonyl (C=O) groups is 3. The zero-order valence-corrected chi connectivity index (χ0v) is 19.2. The van der Waals surface area contributed by atoms with Gasteiger partial charge in [-0.15, -0.1) is 0 Å². The van der Waals surface area contributed by atoms with Crippen LogP contribution >= 0.6 is 0 Å². The third-order valence-electron chi connectivity index (χ3n) is 5.00. The summed E-state index contributed by atoms with van der Waals surface area (Å²) in [5.74, 6) is -0.432. The van der Waals surface area contributed by atoms with E-state index < -0.39 is 24.2 Å². The van der Waals surface area contributed by atoms with Gasteiger partial charge in [0.1, 0.15) is 13.2 Å². The van der Waals surface area contributed by atoms with Gasteiger partial charge in [0, 0.05) is 19.1 Å². The van der Waals surface area contributed by atoms with E-state index in [1.807, 2.05) is 67.6 Å². The minimum Gasteiger partial charge on any atom is -0.469 e. The summed E-state index contributed by atoms with van der Waals surface area (Å²) in [5.41, 5.74) is 1.78. The molecular weight excluding hydrogens is 424 g/mol. The molecule has 0 fully saturated rings. The first-order valence-corrected chi connectivity index (χ1v) is 11.0. The average molecular weight is 457 g/mol. The van der Waals surface area contributed by atoms with Gasteiger partial charge in [0.2, 0.25) is 0 Å². The normalized spacial score (nSPS) is 11.2. The van der Waals surface area contributed by atoms with E-state index in [0.29, 0.717) is 25.9 Å². The topological polar surface area (TPSA) is 94.2 Å². The lowest BCUT2D eigenvalue weighted by Crippen LogP contribution is -2.38. The van der Waals surface area contributed by atoms with Crippen molar-refractivity contribution in [3.05, 3.63) is 71.8 Å². The summed E-state index contributed by atoms with van der Waals surface area (Å²) < 4.78 is 15.4. The van der Waals surface area contributed by atoms with Gasteiger partial charge in [0.15, 0.2) is 0 Å². The highest BCUT2D eigenvalue weighted by molar-refractivity contribution is 5.72. The van der Waals surface area contributed by atoms with Gasteiger partial charge in [-0.2, -0.15) is 0 Å². The van der Waals surface area contributed by atoms with Crippen LogP contribution in [0.2, 0.25) is 0 Å². The van der Waals surface area contributed by atoms with E-state index in [1.165, 1.54) is 7.11 Å². The molecule has 2 rings (SSSR count). The molecular formula is C25H32N2O6. The number of alkyl carbamates (subject to hydrolysis) is 1. The molecule has 1 N–H and O–H groups in total. The quantitative estimate of drug-likeness (QED) is 0.378. The Morgan fingerprint density at radius 3 is 2.03 bits per heavy atom. The number of amides is 2. The highest BCUT2D eigenvalue weighted by Gasteiger charge is 2.19. The lowest BCUT2D eigenvalue weighted by Gasteiger charge is -2.22. The SMILES string of the molecule is CCN(CCC[C@@H](CC(=O)OC)NC(=O)OCc1ccccc1)C(=O)OCc1ccccc1. The molecule has 0 aliphatic rings. The zero-order valence-electron chi connectivity index (χ0n) is 19.2. The maximum atomic E-state index is 12.4. The number of esters is 1. The fraction of sp³-hybridized carbons (Fsp3) is 0.400. The van der Waals surface area contributed by atoms with Crippen LogP contribution in [0.25, 0.3) is 0 Å². The second-order valence-corrected chi connectivity index (χ2v) is 7.45. The molecule has 2 aromatic carbocycles. The predicted octanol–water partition coefficient (Wildman–Crippen LogP) is 4.28. The van der Waals surface area contributed by atoms with E-state index in [4.69, 9.17) is 14.2 Å². The molecule has 1 atom stereocenters. The fourth-order valence-corrected chi connectivity index (χ4v) is 3.16. The minimum atomic E-state index is -0.609. The van der Waals surface area contributed by atoms with Gasteiger partial charge >= 0.3 is 18.2 Å². The summed E-state index contributed by atoms with van der Waals surface area (Å²) in [4.78, 5) is 37.9. The van der Waals surface area contributed by atoms with Crippen molar-refractivity contribution in [3.8, 4) is 0 Å². The standard InChI is InChI=1S/C25H32N2O6/c1-3-27(25(30)33-19-21-13-8-5-9-14-21)16-10-15-22(17-23(28)31-2)26-24(29)32-18-20-11-6-4-7-12-20/h4-9,11-14,22H,3,10,15-19H2,1-2H3,(H,26,29)/t22-/m0/s1. The third kappa shape index (κ3) is 10.1. The molecule has 8 heteroatoms. The van der Waals surface area contributed by atoms with E-state index in [9.17, 15) is 14.4 Å². The van der Waals surface area contributed by atoms with E-state index >= 15 is 0 Å². The first-order chi connectivity index (χ1) is 16.0. The molecule has 0 heterocycles. The van der Waals surface area contributed by atoms with Crippen LogP contribution in [0.5, 0.6) is 0 Å². The van der Waals surface area contributed by atoms with Crippen LogP contribution in [0.15, 0.2) is 60.7 Å². The molecule has 0 spiro atoms. The molecule has 0 saturated carbocycles. The lowest BCUT2D eigenvalue weighted by molar-refractivity contribution is -0.141. The highest BCUT2D eigenvalue weighted by Crippen LogP contribution is 2.09. The van der Waals surface area contributed by atoms with Crippen LogP contribution in [-0.2, 0) is 32.2 Å². The molecule has 0 unspecified atom stereocenters. The van der Waals surface area contributed by atoms with Crippen molar-refractivity contribution in [1.29, 1.82) is 0 Å². The first-order valence-electron chi connectivity index (χ1n) is 11.0. The van der Waals surface area contributed by atoms with Crippen molar-refractivity contribution in [2.45, 2.75) is 45.4 Å². The van der Waals surface area contributed by atoms with Crippen LogP contribution in [0.4, 0.5) is 9.59 Å². The Balaban J connectivity index is 1.80. The van der Waals surface area contributed by atoms with Crippen molar-refractivity contribution in [1.82, 2.24) is 10.2 Å². The first kappa shape index (κ1) is 25.7. The maximum absolute atomic E-state index is 12.4. The van der Waals surface area contributed by atoms with Gasteiger partial charge in [-0.3, -0.25) is 4.79 Å². The number of carbonyl (C=O) groups excluding carboxylic acids is 3. The Morgan fingerprint density at radius 2 is 1.48 bits per heavy atom. The molecule has 0 radical (unpaired) electrons. The average Bonchev–Trinajstić information content (AvgIpc) is 2.85. The smallest absolute Gasteiger partial charge is 0.410 e. The highest BCUT2D eigenvalue weighted by atomic mass is 16.6. The Kier molecular flexibility index (Phi) is 11.3. The predicted molar refractivity (Wildman–Crippen MR) is 123 cm³/mol. The number of rotatable bonds is 12. The summed E-state index contributed by atoms with van der Waals surface area (Å²) in [6.07, 6.45) is 0.0394. The van der Waals surface area contributed by atoms with Crippen LogP contribution in [0, 0.1) is 0 Å². The van der Waals surface area contributed by atoms with E-state index in [1.54, 1.807) is 4.90 Å². The summed E-state index contributed by atoms with van der Waals surface area (Å²) >= 11 is 0. The Morgan fingerprint density at radius 1 is 0.909 bits per heavy atom. The molecule has 0 bridgehead atoms. The Hall–Kier alpha value is -3.55. The van der Waals surface area contributed by atoms with Gasteiger partial charge in [-0.1, -0.05) is 60.7 Å². The molecule has 0 saturated heterocycles. The Bertz CT molecular complexity index is 860. The van der Waals surface area contributed by atoms with E-state index in [0.717, 1.165) is 11.1 Å². The molecule has 0 aliphatic carbocycles. The zero-order chi connectivity index (χ0) is 23.9. The Labute approximate surface area is 194 Å². The minimum absolute atomic E-state index is 0.0154. The van der Waals surface area contributed by atoms with E-state index in [2.05, 4.69) is 5.32 Å². The second-order valence-electron chi connectivity index (χ2n) is 7.45. The summed E-state index contributed by atoms with van der Waals surface area (Å²) in [6, 6.07) is 18.3. The molecule has 8 nitrogen and oxygen atoms in total. The second kappa shape index (κ2) is 14.5. The van der Waals surface area contributed by atoms with Crippen molar-refractivity contribution >= 4 is 18.2 Å². The molecule has 0 aliphatic heterocycles. The van der Waals surface area contributed by atoms with Gasteiger partial charge in [-0.25, -0.2) is 9.59 Å². The number of nitrogens with one attached hydrogen (secondary N) is 1. The number of methoxy groups -OCH3 is 1. The maximum Gasteiger partial charge on any atom is 0.410 e. The number of ether oxygens (including phenoxy) is 3. The molecule has 0 aromatic heterocycles. The van der Waals surface area contributed by atoms with Gasteiger partial charge < -0.3 is 24.4 Å². The van der Waals surface area contributed by atoms with Crippen molar-refractivity contribution in [2.75, 3.05) is 20.2 Å². The number of nitrogens with zero attached hydrogens (tertiary/aromatic N) is 1. The molecule has 178 valence electrons. The van der Waals surface area contributed by atoms with Gasteiger partial charge in [0.25, 0.3) is 0 Å². The lowest BCUT2D eigenvalue weighted by atomic mass is 10.1. The van der Waals surface area contributed by atoms with Crippen LogP contribution < -0.4 is 5.32 Å². The number of hydrogen-bond acceptors (Lipinski definition) is 6. The number of benzene rings is 2. The van der Waals surface area contributed by atoms with Crippen LogP contribution in [0.1, 0.15) is 37.3 Å². The monoisotopic (exact) mass is 456 g/mol. The summed E-state index contributed by atoms with van der Waals surface area (Å²) in [5, 5.41) is 2.72. The molecule has 2 aromatic rings. The fourth-order valence-electron chi connectivity index (χ4n) is 3.16. The van der Waals surface area contributed by atoms with E-state index in [-0.39, 0.29) is 19.6 Å². The van der Waals surface area contributed by atoms with Crippen molar-refractivity contribution < 1.29 is 28.6 Å². The van der Waals surface area contributed by atoms with Crippen molar-refractivity contribution in [2.24, 2.45) is 0 Å². The van der Waals surface area contributed by atoms with Gasteiger partial charge in [-0.05, 0) is 30.9 Å².